The molecule has 1 aromatic rings. The van der Waals surface area contributed by atoms with Crippen molar-refractivity contribution in [2.75, 3.05) is 0 Å². The number of nitrogens with one attached hydrogen (secondary N) is 1. The Morgan fingerprint density at radius 3 is 2.30 bits per heavy atom. The third-order valence-corrected chi connectivity index (χ3v) is 6.06. The fourth-order valence-electron chi connectivity index (χ4n) is 5.20. The number of benzene rings is 1. The van der Waals surface area contributed by atoms with Crippen LogP contribution in [0.5, 0.6) is 0 Å². The number of aryl methyl sites for hydroxylation is 2. The lowest BCUT2D eigenvalue weighted by atomic mass is 9.68. The second-order valence-corrected chi connectivity index (χ2v) is 8.22. The summed E-state index contributed by atoms with van der Waals surface area (Å²) >= 11 is 0. The fourth-order valence-corrected chi connectivity index (χ4v) is 5.20. The molecule has 3 rings (SSSR count). The van der Waals surface area contributed by atoms with E-state index in [1.165, 1.54) is 36.0 Å². The molecule has 2 bridgehead atoms. The number of rotatable bonds is 3. The largest absolute Gasteiger partial charge is 0.309 e. The molecule has 20 heavy (non-hydrogen) atoms. The molecule has 2 aliphatic carbocycles. The molecular formula is C19H29N. The van der Waals surface area contributed by atoms with Crippen molar-refractivity contribution >= 4 is 0 Å². The Morgan fingerprint density at radius 1 is 1.10 bits per heavy atom. The maximum atomic E-state index is 3.91. The minimum Gasteiger partial charge on any atom is -0.309 e. The van der Waals surface area contributed by atoms with Gasteiger partial charge in [-0.1, -0.05) is 50.1 Å². The highest BCUT2D eigenvalue weighted by molar-refractivity contribution is 5.28. The van der Waals surface area contributed by atoms with Gasteiger partial charge in [-0.15, -0.1) is 0 Å². The van der Waals surface area contributed by atoms with Gasteiger partial charge in [-0.2, -0.15) is 0 Å². The molecule has 3 atom stereocenters. The monoisotopic (exact) mass is 271 g/mol. The van der Waals surface area contributed by atoms with E-state index >= 15 is 0 Å². The standard InChI is InChI=1S/C19H29N/c1-13-8-14(2)10-15(9-13)12-20-17-18(3,4)16-6-7-19(17,5)11-16/h8-10,16-17,20H,6-7,11-12H2,1-5H3. The predicted octanol–water partition coefficient (Wildman–Crippen LogP) is 4.61. The van der Waals surface area contributed by atoms with Gasteiger partial charge in [0.1, 0.15) is 0 Å². The minimum atomic E-state index is 0.450. The molecule has 2 aliphatic rings. The first-order chi connectivity index (χ1) is 9.31. The van der Waals surface area contributed by atoms with Crippen LogP contribution in [-0.2, 0) is 6.54 Å². The first-order valence-corrected chi connectivity index (χ1v) is 8.12. The van der Waals surface area contributed by atoms with Crippen molar-refractivity contribution < 1.29 is 0 Å². The van der Waals surface area contributed by atoms with Gasteiger partial charge in [0.15, 0.2) is 0 Å². The van der Waals surface area contributed by atoms with Gasteiger partial charge >= 0.3 is 0 Å². The summed E-state index contributed by atoms with van der Waals surface area (Å²) < 4.78 is 0. The number of hydrogen-bond acceptors (Lipinski definition) is 1. The summed E-state index contributed by atoms with van der Waals surface area (Å²) in [4.78, 5) is 0. The molecule has 0 amide bonds. The van der Waals surface area contributed by atoms with E-state index in [4.69, 9.17) is 0 Å². The van der Waals surface area contributed by atoms with E-state index < -0.39 is 0 Å². The van der Waals surface area contributed by atoms with Crippen LogP contribution in [0.2, 0.25) is 0 Å². The molecule has 0 aromatic heterocycles. The third-order valence-electron chi connectivity index (χ3n) is 6.06. The van der Waals surface area contributed by atoms with Crippen LogP contribution >= 0.6 is 0 Å². The van der Waals surface area contributed by atoms with Crippen LogP contribution in [0, 0.1) is 30.6 Å². The van der Waals surface area contributed by atoms with E-state index in [9.17, 15) is 0 Å². The van der Waals surface area contributed by atoms with Gasteiger partial charge in [0, 0.05) is 12.6 Å². The van der Waals surface area contributed by atoms with Gasteiger partial charge < -0.3 is 5.32 Å². The Morgan fingerprint density at radius 2 is 1.75 bits per heavy atom. The van der Waals surface area contributed by atoms with Crippen LogP contribution < -0.4 is 5.32 Å². The molecule has 0 aliphatic heterocycles. The summed E-state index contributed by atoms with van der Waals surface area (Å²) in [6.45, 7) is 12.8. The molecule has 1 N–H and O–H groups in total. The Kier molecular flexibility index (Phi) is 3.25. The normalized spacial score (nSPS) is 34.6. The van der Waals surface area contributed by atoms with Crippen LogP contribution in [0.1, 0.15) is 56.7 Å². The molecule has 1 heteroatoms. The van der Waals surface area contributed by atoms with Gasteiger partial charge in [-0.05, 0) is 55.4 Å². The second kappa shape index (κ2) is 4.59. The topological polar surface area (TPSA) is 12.0 Å². The average molecular weight is 271 g/mol. The van der Waals surface area contributed by atoms with E-state index in [0.717, 1.165) is 12.5 Å². The van der Waals surface area contributed by atoms with Crippen molar-refractivity contribution in [2.45, 2.75) is 66.5 Å². The van der Waals surface area contributed by atoms with Crippen LogP contribution in [0.25, 0.3) is 0 Å². The summed E-state index contributed by atoms with van der Waals surface area (Å²) in [5.41, 5.74) is 5.16. The molecule has 0 radical (unpaired) electrons. The van der Waals surface area contributed by atoms with Crippen molar-refractivity contribution in [1.29, 1.82) is 0 Å². The summed E-state index contributed by atoms with van der Waals surface area (Å²) in [7, 11) is 0. The lowest BCUT2D eigenvalue weighted by Gasteiger charge is -2.43. The minimum absolute atomic E-state index is 0.450. The van der Waals surface area contributed by atoms with E-state index in [0.29, 0.717) is 16.9 Å². The van der Waals surface area contributed by atoms with Crippen molar-refractivity contribution in [2.24, 2.45) is 16.7 Å². The first kappa shape index (κ1) is 14.1. The van der Waals surface area contributed by atoms with Gasteiger partial charge in [0.05, 0.1) is 0 Å². The number of hydrogen-bond donors (Lipinski definition) is 1. The Bertz CT molecular complexity index is 491. The summed E-state index contributed by atoms with van der Waals surface area (Å²) in [6, 6.07) is 7.56. The van der Waals surface area contributed by atoms with Crippen LogP contribution in [0.4, 0.5) is 0 Å². The highest BCUT2D eigenvalue weighted by Gasteiger charge is 2.58. The van der Waals surface area contributed by atoms with Crippen molar-refractivity contribution in [3.05, 3.63) is 34.9 Å². The van der Waals surface area contributed by atoms with Gasteiger partial charge in [-0.25, -0.2) is 0 Å². The number of fused-ring (bicyclic) bond motifs is 2. The Hall–Kier alpha value is -0.820. The van der Waals surface area contributed by atoms with E-state index in [2.05, 4.69) is 58.1 Å². The smallest absolute Gasteiger partial charge is 0.0208 e. The van der Waals surface area contributed by atoms with Gasteiger partial charge in [0.2, 0.25) is 0 Å². The van der Waals surface area contributed by atoms with Gasteiger partial charge in [0.25, 0.3) is 0 Å². The van der Waals surface area contributed by atoms with Crippen molar-refractivity contribution in [1.82, 2.24) is 5.32 Å². The summed E-state index contributed by atoms with van der Waals surface area (Å²) in [5.74, 6) is 0.921. The van der Waals surface area contributed by atoms with E-state index in [1.54, 1.807) is 0 Å². The average Bonchev–Trinajstić information content (AvgIpc) is 2.78. The van der Waals surface area contributed by atoms with E-state index in [-0.39, 0.29) is 0 Å². The predicted molar refractivity (Wildman–Crippen MR) is 85.8 cm³/mol. The molecule has 0 heterocycles. The zero-order chi connectivity index (χ0) is 14.5. The zero-order valence-corrected chi connectivity index (χ0v) is 13.7. The molecule has 1 aromatic carbocycles. The summed E-state index contributed by atoms with van der Waals surface area (Å²) in [5, 5.41) is 3.91. The SMILES string of the molecule is Cc1cc(C)cc(CNC2C3(C)CCC(C3)C2(C)C)c1. The quantitative estimate of drug-likeness (QED) is 0.846. The lowest BCUT2D eigenvalue weighted by Crippen LogP contribution is -2.49. The van der Waals surface area contributed by atoms with Crippen molar-refractivity contribution in [3.63, 3.8) is 0 Å². The van der Waals surface area contributed by atoms with Crippen LogP contribution in [-0.4, -0.2) is 6.04 Å². The Labute approximate surface area is 124 Å². The fraction of sp³-hybridized carbons (Fsp3) is 0.684. The van der Waals surface area contributed by atoms with Crippen LogP contribution in [0.3, 0.4) is 0 Å². The molecule has 0 saturated heterocycles. The molecule has 2 saturated carbocycles. The van der Waals surface area contributed by atoms with E-state index in [1.807, 2.05) is 0 Å². The van der Waals surface area contributed by atoms with Crippen LogP contribution in [0.15, 0.2) is 18.2 Å². The van der Waals surface area contributed by atoms with Gasteiger partial charge in [-0.3, -0.25) is 0 Å². The lowest BCUT2D eigenvalue weighted by molar-refractivity contribution is 0.108. The summed E-state index contributed by atoms with van der Waals surface area (Å²) in [6.07, 6.45) is 4.27. The maximum absolute atomic E-state index is 3.91. The molecule has 1 nitrogen and oxygen atoms in total. The molecule has 0 spiro atoms. The van der Waals surface area contributed by atoms with Crippen molar-refractivity contribution in [3.8, 4) is 0 Å². The Balaban J connectivity index is 1.75. The highest BCUT2D eigenvalue weighted by Crippen LogP contribution is 2.62. The third kappa shape index (κ3) is 2.20. The second-order valence-electron chi connectivity index (χ2n) is 8.22. The molecule has 2 fully saturated rings. The molecular weight excluding hydrogens is 242 g/mol. The molecule has 110 valence electrons. The first-order valence-electron chi connectivity index (χ1n) is 8.12. The maximum Gasteiger partial charge on any atom is 0.0208 e. The molecule has 3 unspecified atom stereocenters. The highest BCUT2D eigenvalue weighted by atomic mass is 15.0. The zero-order valence-electron chi connectivity index (χ0n) is 13.7.